The molecule has 2 aliphatic rings. The smallest absolute Gasteiger partial charge is 0.227 e. The van der Waals surface area contributed by atoms with E-state index in [2.05, 4.69) is 17.0 Å². The van der Waals surface area contributed by atoms with E-state index in [1.165, 1.54) is 12.8 Å². The fourth-order valence-electron chi connectivity index (χ4n) is 4.32. The maximum absolute atomic E-state index is 12.7. The zero-order chi connectivity index (χ0) is 21.7. The van der Waals surface area contributed by atoms with Crippen molar-refractivity contribution in [2.24, 2.45) is 5.92 Å². The summed E-state index contributed by atoms with van der Waals surface area (Å²) in [5, 5.41) is 2.62. The molecule has 0 spiro atoms. The second kappa shape index (κ2) is 10.1. The van der Waals surface area contributed by atoms with Crippen molar-refractivity contribution in [2.45, 2.75) is 96.0 Å². The molecule has 2 saturated carbocycles. The molecule has 1 amide bonds. The van der Waals surface area contributed by atoms with Gasteiger partial charge in [-0.25, -0.2) is 13.1 Å². The monoisotopic (exact) mass is 436 g/mol. The van der Waals surface area contributed by atoms with Gasteiger partial charge in [-0.3, -0.25) is 4.79 Å². The summed E-state index contributed by atoms with van der Waals surface area (Å²) in [5.41, 5.74) is 1.92. The minimum absolute atomic E-state index is 0.0201. The molecule has 7 heteroatoms. The molecule has 0 atom stereocenters. The number of nitrogens with one attached hydrogen (secondary N) is 2. The highest BCUT2D eigenvalue weighted by Gasteiger charge is 2.29. The summed E-state index contributed by atoms with van der Waals surface area (Å²) in [6.45, 7) is 5.45. The fraction of sp³-hybridized carbons (Fsp3) is 0.696. The third-order valence-electron chi connectivity index (χ3n) is 6.35. The normalized spacial score (nSPS) is 22.9. The highest BCUT2D eigenvalue weighted by atomic mass is 32.2. The second-order valence-electron chi connectivity index (χ2n) is 8.95. The molecule has 0 saturated heterocycles. The maximum Gasteiger partial charge on any atom is 0.227 e. The standard InChI is InChI=1S/C23H36N2O4S/c1-4-17-15-20(13-14-22(17)29-21-7-5-6-8-21)24-23(26)18-9-11-19(12-10-18)25-30(27,28)16(2)3/h13-16,18-19,21,25H,4-12H2,1-3H3,(H,24,26)/t18-,19-. The number of hydrogen-bond acceptors (Lipinski definition) is 4. The van der Waals surface area contributed by atoms with Gasteiger partial charge in [0.05, 0.1) is 11.4 Å². The molecule has 30 heavy (non-hydrogen) atoms. The summed E-state index contributed by atoms with van der Waals surface area (Å²) < 4.78 is 33.1. The highest BCUT2D eigenvalue weighted by molar-refractivity contribution is 7.90. The number of amides is 1. The van der Waals surface area contributed by atoms with Crippen LogP contribution in [0.5, 0.6) is 5.75 Å². The van der Waals surface area contributed by atoms with Gasteiger partial charge < -0.3 is 10.1 Å². The van der Waals surface area contributed by atoms with Crippen LogP contribution in [0.2, 0.25) is 0 Å². The molecule has 0 bridgehead atoms. The number of sulfonamides is 1. The van der Waals surface area contributed by atoms with Crippen LogP contribution in [0.1, 0.15) is 77.7 Å². The van der Waals surface area contributed by atoms with Gasteiger partial charge in [-0.1, -0.05) is 6.92 Å². The first-order valence-corrected chi connectivity index (χ1v) is 12.9. The zero-order valence-corrected chi connectivity index (χ0v) is 19.3. The van der Waals surface area contributed by atoms with Gasteiger partial charge in [0.15, 0.2) is 0 Å². The Kier molecular flexibility index (Phi) is 7.80. The van der Waals surface area contributed by atoms with E-state index in [1.807, 2.05) is 18.2 Å². The Morgan fingerprint density at radius 2 is 1.77 bits per heavy atom. The second-order valence-corrected chi connectivity index (χ2v) is 11.2. The largest absolute Gasteiger partial charge is 0.490 e. The molecule has 0 aliphatic heterocycles. The average molecular weight is 437 g/mol. The van der Waals surface area contributed by atoms with E-state index < -0.39 is 15.3 Å². The fourth-order valence-corrected chi connectivity index (χ4v) is 5.29. The summed E-state index contributed by atoms with van der Waals surface area (Å²) >= 11 is 0. The molecule has 168 valence electrons. The van der Waals surface area contributed by atoms with Crippen molar-refractivity contribution in [3.63, 3.8) is 0 Å². The van der Waals surface area contributed by atoms with Crippen molar-refractivity contribution in [2.75, 3.05) is 5.32 Å². The summed E-state index contributed by atoms with van der Waals surface area (Å²) in [4.78, 5) is 12.7. The lowest BCUT2D eigenvalue weighted by Crippen LogP contribution is -2.42. The molecule has 0 aromatic heterocycles. The number of rotatable bonds is 8. The molecule has 1 aromatic rings. The van der Waals surface area contributed by atoms with E-state index in [-0.39, 0.29) is 17.9 Å². The van der Waals surface area contributed by atoms with E-state index in [0.717, 1.165) is 36.3 Å². The summed E-state index contributed by atoms with van der Waals surface area (Å²) in [6.07, 6.45) is 8.67. The minimum Gasteiger partial charge on any atom is -0.490 e. The SMILES string of the molecule is CCc1cc(NC(=O)[C@H]2CC[C@H](NS(=O)(=O)C(C)C)CC2)ccc1OC1CCCC1. The molecule has 0 heterocycles. The number of anilines is 1. The highest BCUT2D eigenvalue weighted by Crippen LogP contribution is 2.30. The van der Waals surface area contributed by atoms with Crippen molar-refractivity contribution in [1.29, 1.82) is 0 Å². The van der Waals surface area contributed by atoms with Gasteiger partial charge in [0.25, 0.3) is 0 Å². The van der Waals surface area contributed by atoms with Crippen LogP contribution in [0, 0.1) is 5.92 Å². The Bertz CT molecular complexity index is 824. The van der Waals surface area contributed by atoms with Crippen LogP contribution in [0.15, 0.2) is 18.2 Å². The molecule has 2 aliphatic carbocycles. The van der Waals surface area contributed by atoms with Gasteiger partial charge in [0.1, 0.15) is 5.75 Å². The molecule has 2 N–H and O–H groups in total. The Labute approximate surface area is 181 Å². The topological polar surface area (TPSA) is 84.5 Å². The molecular weight excluding hydrogens is 400 g/mol. The van der Waals surface area contributed by atoms with Crippen LogP contribution in [-0.4, -0.2) is 31.7 Å². The molecule has 6 nitrogen and oxygen atoms in total. The lowest BCUT2D eigenvalue weighted by atomic mass is 9.86. The minimum atomic E-state index is -3.27. The van der Waals surface area contributed by atoms with Gasteiger partial charge in [-0.05, 0) is 95.4 Å². The summed E-state index contributed by atoms with van der Waals surface area (Å²) in [7, 11) is -3.27. The number of benzene rings is 1. The summed E-state index contributed by atoms with van der Waals surface area (Å²) in [6, 6.07) is 5.85. The Hall–Kier alpha value is -1.60. The number of carbonyl (C=O) groups excluding carboxylic acids is 1. The van der Waals surface area contributed by atoms with E-state index in [4.69, 9.17) is 4.74 Å². The molecule has 3 rings (SSSR count). The first-order chi connectivity index (χ1) is 14.3. The molecule has 0 unspecified atom stereocenters. The number of hydrogen-bond donors (Lipinski definition) is 2. The van der Waals surface area contributed by atoms with Crippen LogP contribution in [-0.2, 0) is 21.2 Å². The Balaban J connectivity index is 1.53. The van der Waals surface area contributed by atoms with Crippen LogP contribution in [0.25, 0.3) is 0 Å². The van der Waals surface area contributed by atoms with Crippen molar-refractivity contribution in [3.8, 4) is 5.75 Å². The predicted molar refractivity (Wildman–Crippen MR) is 120 cm³/mol. The van der Waals surface area contributed by atoms with Crippen molar-refractivity contribution < 1.29 is 17.9 Å². The predicted octanol–water partition coefficient (Wildman–Crippen LogP) is 4.40. The van der Waals surface area contributed by atoms with Gasteiger partial charge in [0.2, 0.25) is 15.9 Å². The Morgan fingerprint density at radius 3 is 2.37 bits per heavy atom. The van der Waals surface area contributed by atoms with Crippen molar-refractivity contribution >= 4 is 21.6 Å². The quantitative estimate of drug-likeness (QED) is 0.633. The first-order valence-electron chi connectivity index (χ1n) is 11.4. The van der Waals surface area contributed by atoms with Crippen molar-refractivity contribution in [1.82, 2.24) is 4.72 Å². The van der Waals surface area contributed by atoms with Crippen LogP contribution in [0.4, 0.5) is 5.69 Å². The van der Waals surface area contributed by atoms with Crippen LogP contribution >= 0.6 is 0 Å². The number of carbonyl (C=O) groups is 1. The van der Waals surface area contributed by atoms with Crippen LogP contribution < -0.4 is 14.8 Å². The average Bonchev–Trinajstić information content (AvgIpc) is 3.22. The van der Waals surface area contributed by atoms with Gasteiger partial charge in [-0.15, -0.1) is 0 Å². The van der Waals surface area contributed by atoms with Gasteiger partial charge in [-0.2, -0.15) is 0 Å². The van der Waals surface area contributed by atoms with Crippen molar-refractivity contribution in [3.05, 3.63) is 23.8 Å². The lowest BCUT2D eigenvalue weighted by Gasteiger charge is -2.29. The van der Waals surface area contributed by atoms with E-state index >= 15 is 0 Å². The third kappa shape index (κ3) is 5.97. The van der Waals surface area contributed by atoms with Gasteiger partial charge >= 0.3 is 0 Å². The Morgan fingerprint density at radius 1 is 1.10 bits per heavy atom. The first kappa shape index (κ1) is 23.1. The summed E-state index contributed by atoms with van der Waals surface area (Å²) in [5.74, 6) is 0.872. The molecular formula is C23H36N2O4S. The van der Waals surface area contributed by atoms with Gasteiger partial charge in [0, 0.05) is 17.6 Å². The van der Waals surface area contributed by atoms with E-state index in [0.29, 0.717) is 31.8 Å². The zero-order valence-electron chi connectivity index (χ0n) is 18.4. The van der Waals surface area contributed by atoms with E-state index in [9.17, 15) is 13.2 Å². The third-order valence-corrected chi connectivity index (χ3v) is 8.26. The van der Waals surface area contributed by atoms with E-state index in [1.54, 1.807) is 13.8 Å². The molecule has 0 radical (unpaired) electrons. The molecule has 2 fully saturated rings. The number of ether oxygens (including phenoxy) is 1. The van der Waals surface area contributed by atoms with Crippen LogP contribution in [0.3, 0.4) is 0 Å². The molecule has 1 aromatic carbocycles. The number of aryl methyl sites for hydroxylation is 1. The maximum atomic E-state index is 12.7. The lowest BCUT2D eigenvalue weighted by molar-refractivity contribution is -0.120.